The molecule has 2 heterocycles. The molecule has 4 heteroatoms. The van der Waals surface area contributed by atoms with Gasteiger partial charge in [-0.3, -0.25) is 0 Å². The quantitative estimate of drug-likeness (QED) is 0.606. The monoisotopic (exact) mass is 290 g/mol. The topological polar surface area (TPSA) is 51.0 Å². The van der Waals surface area contributed by atoms with Crippen LogP contribution in [0.1, 0.15) is 5.56 Å². The second kappa shape index (κ2) is 5.41. The van der Waals surface area contributed by atoms with E-state index in [2.05, 4.69) is 22.1 Å². The lowest BCUT2D eigenvalue weighted by molar-refractivity contribution is 0.310. The molecule has 0 saturated heterocycles. The predicted octanol–water partition coefficient (Wildman–Crippen LogP) is 4.40. The van der Waals surface area contributed by atoms with Crippen molar-refractivity contribution in [3.63, 3.8) is 0 Å². The summed E-state index contributed by atoms with van der Waals surface area (Å²) in [5.74, 6) is 1.55. The zero-order chi connectivity index (χ0) is 14.8. The molecule has 0 fully saturated rings. The number of oxazole rings is 1. The highest BCUT2D eigenvalue weighted by Gasteiger charge is 2.13. The molecular weight excluding hydrogens is 276 g/mol. The van der Waals surface area contributed by atoms with Crippen LogP contribution in [0.3, 0.4) is 0 Å². The van der Waals surface area contributed by atoms with E-state index in [0.717, 1.165) is 33.5 Å². The molecule has 0 spiro atoms. The number of benzene rings is 2. The van der Waals surface area contributed by atoms with Crippen LogP contribution in [0.25, 0.3) is 22.2 Å². The van der Waals surface area contributed by atoms with E-state index in [0.29, 0.717) is 6.61 Å². The molecule has 4 nitrogen and oxygen atoms in total. The van der Waals surface area contributed by atoms with E-state index < -0.39 is 0 Å². The molecule has 4 aromatic rings. The number of H-pyrrole nitrogens is 1. The molecular formula is C18H14N2O2. The summed E-state index contributed by atoms with van der Waals surface area (Å²) < 4.78 is 11.4. The molecule has 1 N–H and O–H groups in total. The van der Waals surface area contributed by atoms with Gasteiger partial charge < -0.3 is 14.1 Å². The maximum absolute atomic E-state index is 6.02. The minimum Gasteiger partial charge on any atom is -0.488 e. The summed E-state index contributed by atoms with van der Waals surface area (Å²) >= 11 is 0. The third-order valence-corrected chi connectivity index (χ3v) is 3.60. The second-order valence-corrected chi connectivity index (χ2v) is 5.02. The van der Waals surface area contributed by atoms with Crippen molar-refractivity contribution in [3.8, 4) is 17.1 Å². The van der Waals surface area contributed by atoms with Crippen molar-refractivity contribution in [2.45, 2.75) is 6.61 Å². The predicted molar refractivity (Wildman–Crippen MR) is 84.6 cm³/mol. The lowest BCUT2D eigenvalue weighted by Gasteiger charge is -2.08. The van der Waals surface area contributed by atoms with E-state index in [-0.39, 0.29) is 0 Å². The first-order chi connectivity index (χ1) is 10.9. The molecule has 0 aliphatic carbocycles. The Hall–Kier alpha value is -3.01. The van der Waals surface area contributed by atoms with Crippen molar-refractivity contribution >= 4 is 10.9 Å². The lowest BCUT2D eigenvalue weighted by Crippen LogP contribution is -1.95. The Labute approximate surface area is 127 Å². The molecule has 0 unspecified atom stereocenters. The number of hydrogen-bond acceptors (Lipinski definition) is 3. The number of fused-ring (bicyclic) bond motifs is 1. The van der Waals surface area contributed by atoms with Crippen molar-refractivity contribution in [2.75, 3.05) is 0 Å². The highest BCUT2D eigenvalue weighted by Crippen LogP contribution is 2.35. The van der Waals surface area contributed by atoms with Crippen molar-refractivity contribution < 1.29 is 9.15 Å². The zero-order valence-electron chi connectivity index (χ0n) is 11.8. The largest absolute Gasteiger partial charge is 0.488 e. The third kappa shape index (κ3) is 2.24. The van der Waals surface area contributed by atoms with Crippen LogP contribution in [0.15, 0.2) is 71.7 Å². The fourth-order valence-electron chi connectivity index (χ4n) is 2.55. The Morgan fingerprint density at radius 1 is 1.05 bits per heavy atom. The first kappa shape index (κ1) is 12.7. The number of ether oxygens (including phenoxy) is 1. The molecule has 0 saturated carbocycles. The van der Waals surface area contributed by atoms with Crippen molar-refractivity contribution in [3.05, 3.63) is 72.9 Å². The summed E-state index contributed by atoms with van der Waals surface area (Å²) in [6.07, 6.45) is 5.05. The average molecular weight is 290 g/mol. The maximum atomic E-state index is 6.02. The summed E-state index contributed by atoms with van der Waals surface area (Å²) in [4.78, 5) is 7.23. The zero-order valence-corrected chi connectivity index (χ0v) is 11.8. The van der Waals surface area contributed by atoms with E-state index >= 15 is 0 Å². The Morgan fingerprint density at radius 2 is 1.95 bits per heavy atom. The number of nitrogens with one attached hydrogen (secondary N) is 1. The van der Waals surface area contributed by atoms with E-state index in [4.69, 9.17) is 9.15 Å². The van der Waals surface area contributed by atoms with Gasteiger partial charge in [0.05, 0.1) is 11.6 Å². The molecule has 0 atom stereocenters. The van der Waals surface area contributed by atoms with Crippen LogP contribution in [0.2, 0.25) is 0 Å². The Morgan fingerprint density at radius 3 is 2.77 bits per heavy atom. The van der Waals surface area contributed by atoms with Crippen molar-refractivity contribution in [1.82, 2.24) is 9.97 Å². The summed E-state index contributed by atoms with van der Waals surface area (Å²) in [6, 6.07) is 16.1. The molecule has 0 aliphatic rings. The number of rotatable bonds is 4. The standard InChI is InChI=1S/C18H14N2O2/c1-2-5-13(6-3-1)11-21-16-8-4-7-15-18(16)14(9-20-15)17-10-19-12-22-17/h1-10,12,20H,11H2. The van der Waals surface area contributed by atoms with E-state index in [1.165, 1.54) is 6.39 Å². The van der Waals surface area contributed by atoms with Crippen LogP contribution >= 0.6 is 0 Å². The van der Waals surface area contributed by atoms with Gasteiger partial charge in [-0.15, -0.1) is 0 Å². The van der Waals surface area contributed by atoms with Crippen LogP contribution in [0, 0.1) is 0 Å². The average Bonchev–Trinajstić information content (AvgIpc) is 3.23. The van der Waals surface area contributed by atoms with Crippen LogP contribution in [-0.4, -0.2) is 9.97 Å². The van der Waals surface area contributed by atoms with Crippen LogP contribution in [-0.2, 0) is 6.61 Å². The normalized spacial score (nSPS) is 10.9. The molecule has 0 amide bonds. The third-order valence-electron chi connectivity index (χ3n) is 3.60. The molecule has 108 valence electrons. The van der Waals surface area contributed by atoms with Gasteiger partial charge in [-0.25, -0.2) is 4.98 Å². The highest BCUT2D eigenvalue weighted by molar-refractivity contribution is 5.98. The van der Waals surface area contributed by atoms with Crippen LogP contribution in [0.5, 0.6) is 5.75 Å². The van der Waals surface area contributed by atoms with Crippen LogP contribution in [0.4, 0.5) is 0 Å². The summed E-state index contributed by atoms with van der Waals surface area (Å²) in [5, 5.41) is 1.01. The van der Waals surface area contributed by atoms with E-state index in [9.17, 15) is 0 Å². The summed E-state index contributed by atoms with van der Waals surface area (Å²) in [6.45, 7) is 0.529. The Balaban J connectivity index is 1.73. The number of hydrogen-bond donors (Lipinski definition) is 1. The highest BCUT2D eigenvalue weighted by atomic mass is 16.5. The van der Waals surface area contributed by atoms with Gasteiger partial charge in [0.1, 0.15) is 12.4 Å². The first-order valence-electron chi connectivity index (χ1n) is 7.07. The van der Waals surface area contributed by atoms with Gasteiger partial charge in [-0.05, 0) is 17.7 Å². The van der Waals surface area contributed by atoms with Gasteiger partial charge in [0, 0.05) is 17.3 Å². The second-order valence-electron chi connectivity index (χ2n) is 5.02. The molecule has 22 heavy (non-hydrogen) atoms. The van der Waals surface area contributed by atoms with Crippen LogP contribution < -0.4 is 4.74 Å². The molecule has 2 aromatic heterocycles. The first-order valence-corrected chi connectivity index (χ1v) is 7.07. The fraction of sp³-hybridized carbons (Fsp3) is 0.0556. The van der Waals surface area contributed by atoms with Crippen molar-refractivity contribution in [1.29, 1.82) is 0 Å². The summed E-state index contributed by atoms with van der Waals surface area (Å²) in [5.41, 5.74) is 3.10. The number of aromatic amines is 1. The lowest BCUT2D eigenvalue weighted by atomic mass is 10.1. The van der Waals surface area contributed by atoms with E-state index in [1.807, 2.05) is 42.6 Å². The molecule has 0 radical (unpaired) electrons. The van der Waals surface area contributed by atoms with Gasteiger partial charge in [-0.1, -0.05) is 36.4 Å². The minimum atomic E-state index is 0.529. The van der Waals surface area contributed by atoms with Crippen molar-refractivity contribution in [2.24, 2.45) is 0 Å². The van der Waals surface area contributed by atoms with Gasteiger partial charge in [0.25, 0.3) is 0 Å². The minimum absolute atomic E-state index is 0.529. The SMILES string of the molecule is c1ccc(COc2cccc3[nH]cc(-c4cnco4)c23)cc1. The van der Waals surface area contributed by atoms with Gasteiger partial charge in [0.15, 0.2) is 12.2 Å². The fourth-order valence-corrected chi connectivity index (χ4v) is 2.55. The molecule has 0 bridgehead atoms. The number of nitrogens with zero attached hydrogens (tertiary/aromatic N) is 1. The summed E-state index contributed by atoms with van der Waals surface area (Å²) in [7, 11) is 0. The smallest absolute Gasteiger partial charge is 0.181 e. The number of aromatic nitrogens is 2. The van der Waals surface area contributed by atoms with Gasteiger partial charge in [0.2, 0.25) is 0 Å². The molecule has 0 aliphatic heterocycles. The van der Waals surface area contributed by atoms with Gasteiger partial charge in [-0.2, -0.15) is 0 Å². The Kier molecular flexibility index (Phi) is 3.12. The molecule has 4 rings (SSSR count). The van der Waals surface area contributed by atoms with Gasteiger partial charge >= 0.3 is 0 Å². The van der Waals surface area contributed by atoms with E-state index in [1.54, 1.807) is 6.20 Å². The maximum Gasteiger partial charge on any atom is 0.181 e. The molecule has 2 aromatic carbocycles. The Bertz CT molecular complexity index is 880.